The molecule has 1 aromatic heterocycles. The summed E-state index contributed by atoms with van der Waals surface area (Å²) in [5.41, 5.74) is 1.20. The van der Waals surface area contributed by atoms with Crippen molar-refractivity contribution in [2.75, 3.05) is 13.1 Å². The SMILES string of the molecule is Cc1ccc(CN(CCc2ccccc2)C(=O)CN(C(=O)C2CCCC2)C2CC2)o1. The summed E-state index contributed by atoms with van der Waals surface area (Å²) in [6.45, 7) is 3.15. The molecular weight excluding hydrogens is 376 g/mol. The lowest BCUT2D eigenvalue weighted by Gasteiger charge is -2.29. The number of carbonyl (C=O) groups is 2. The van der Waals surface area contributed by atoms with Gasteiger partial charge in [-0.2, -0.15) is 0 Å². The highest BCUT2D eigenvalue weighted by molar-refractivity contribution is 5.86. The van der Waals surface area contributed by atoms with E-state index in [1.54, 1.807) is 0 Å². The molecule has 0 unspecified atom stereocenters. The molecule has 2 aliphatic rings. The van der Waals surface area contributed by atoms with Crippen LogP contribution in [0.5, 0.6) is 0 Å². The Morgan fingerprint density at radius 2 is 1.73 bits per heavy atom. The number of hydrogen-bond donors (Lipinski definition) is 0. The lowest BCUT2D eigenvalue weighted by atomic mass is 10.1. The van der Waals surface area contributed by atoms with Crippen molar-refractivity contribution in [3.63, 3.8) is 0 Å². The fraction of sp³-hybridized carbons (Fsp3) is 0.520. The molecule has 0 N–H and O–H groups in total. The van der Waals surface area contributed by atoms with E-state index in [2.05, 4.69) is 12.1 Å². The number of aryl methyl sites for hydroxylation is 1. The average molecular weight is 409 g/mol. The van der Waals surface area contributed by atoms with Crippen LogP contribution < -0.4 is 0 Å². The third-order valence-electron chi connectivity index (χ3n) is 6.29. The Hall–Kier alpha value is -2.56. The minimum atomic E-state index is 0.0123. The molecule has 160 valence electrons. The van der Waals surface area contributed by atoms with Crippen LogP contribution in [0.25, 0.3) is 0 Å². The van der Waals surface area contributed by atoms with Gasteiger partial charge < -0.3 is 14.2 Å². The van der Waals surface area contributed by atoms with E-state index in [4.69, 9.17) is 4.42 Å². The molecule has 2 aromatic rings. The monoisotopic (exact) mass is 408 g/mol. The van der Waals surface area contributed by atoms with Crippen LogP contribution in [0.1, 0.15) is 55.6 Å². The van der Waals surface area contributed by atoms with Gasteiger partial charge in [-0.1, -0.05) is 43.2 Å². The molecule has 2 saturated carbocycles. The maximum absolute atomic E-state index is 13.3. The second-order valence-electron chi connectivity index (χ2n) is 8.74. The number of rotatable bonds is 9. The number of hydrogen-bond acceptors (Lipinski definition) is 3. The molecule has 1 aromatic carbocycles. The molecule has 5 nitrogen and oxygen atoms in total. The standard InChI is InChI=1S/C25H32N2O3/c1-19-11-14-23(30-19)17-26(16-15-20-7-3-2-4-8-20)24(28)18-27(22-12-13-22)25(29)21-9-5-6-10-21/h2-4,7-8,11,14,21-22H,5-6,9-10,12-13,15-18H2,1H3. The van der Waals surface area contributed by atoms with Crippen LogP contribution in [0.2, 0.25) is 0 Å². The van der Waals surface area contributed by atoms with Crippen LogP contribution in [0.15, 0.2) is 46.9 Å². The highest BCUT2D eigenvalue weighted by atomic mass is 16.3. The molecule has 0 atom stereocenters. The molecule has 30 heavy (non-hydrogen) atoms. The molecule has 0 bridgehead atoms. The van der Waals surface area contributed by atoms with Crippen LogP contribution >= 0.6 is 0 Å². The van der Waals surface area contributed by atoms with E-state index in [0.29, 0.717) is 13.1 Å². The van der Waals surface area contributed by atoms with Gasteiger partial charge in [-0.25, -0.2) is 0 Å². The number of benzene rings is 1. The quantitative estimate of drug-likeness (QED) is 0.620. The number of amides is 2. The second kappa shape index (κ2) is 9.50. The van der Waals surface area contributed by atoms with Gasteiger partial charge in [0, 0.05) is 18.5 Å². The Kier molecular flexibility index (Phi) is 6.56. The van der Waals surface area contributed by atoms with E-state index in [9.17, 15) is 9.59 Å². The number of nitrogens with zero attached hydrogens (tertiary/aromatic N) is 2. The summed E-state index contributed by atoms with van der Waals surface area (Å²) in [4.78, 5) is 30.1. The van der Waals surface area contributed by atoms with Gasteiger partial charge in [-0.15, -0.1) is 0 Å². The van der Waals surface area contributed by atoms with Crippen LogP contribution in [0.3, 0.4) is 0 Å². The van der Waals surface area contributed by atoms with E-state index in [0.717, 1.165) is 56.5 Å². The largest absolute Gasteiger partial charge is 0.464 e. The Labute approximate surface area is 179 Å². The predicted octanol–water partition coefficient (Wildman–Crippen LogP) is 4.34. The van der Waals surface area contributed by atoms with Crippen molar-refractivity contribution in [3.8, 4) is 0 Å². The van der Waals surface area contributed by atoms with E-state index >= 15 is 0 Å². The van der Waals surface area contributed by atoms with Gasteiger partial charge in [-0.05, 0) is 56.7 Å². The van der Waals surface area contributed by atoms with Gasteiger partial charge in [-0.3, -0.25) is 9.59 Å². The summed E-state index contributed by atoms with van der Waals surface area (Å²) in [5, 5.41) is 0. The molecular formula is C25H32N2O3. The highest BCUT2D eigenvalue weighted by Crippen LogP contribution is 2.33. The highest BCUT2D eigenvalue weighted by Gasteiger charge is 2.38. The maximum atomic E-state index is 13.3. The van der Waals surface area contributed by atoms with E-state index in [1.165, 1.54) is 5.56 Å². The molecule has 0 saturated heterocycles. The fourth-order valence-corrected chi connectivity index (χ4v) is 4.39. The average Bonchev–Trinajstić information content (AvgIpc) is 3.27. The summed E-state index contributed by atoms with van der Waals surface area (Å²) < 4.78 is 5.74. The minimum absolute atomic E-state index is 0.0123. The molecule has 2 fully saturated rings. The normalized spacial score (nSPS) is 16.6. The molecule has 1 heterocycles. The summed E-state index contributed by atoms with van der Waals surface area (Å²) >= 11 is 0. The summed E-state index contributed by atoms with van der Waals surface area (Å²) in [6, 6.07) is 14.3. The van der Waals surface area contributed by atoms with E-state index in [1.807, 2.05) is 47.1 Å². The zero-order valence-corrected chi connectivity index (χ0v) is 17.9. The van der Waals surface area contributed by atoms with Crippen molar-refractivity contribution < 1.29 is 14.0 Å². The van der Waals surface area contributed by atoms with Crippen LogP contribution in [-0.4, -0.2) is 40.7 Å². The summed E-state index contributed by atoms with van der Waals surface area (Å²) in [5.74, 6) is 1.95. The Balaban J connectivity index is 1.44. The fourth-order valence-electron chi connectivity index (χ4n) is 4.39. The third-order valence-corrected chi connectivity index (χ3v) is 6.29. The van der Waals surface area contributed by atoms with Crippen molar-refractivity contribution in [1.29, 1.82) is 0 Å². The number of furan rings is 1. The van der Waals surface area contributed by atoms with Crippen molar-refractivity contribution in [2.45, 2.75) is 64.5 Å². The lowest BCUT2D eigenvalue weighted by molar-refractivity contribution is -0.143. The van der Waals surface area contributed by atoms with Gasteiger partial charge in [0.05, 0.1) is 6.54 Å². The smallest absolute Gasteiger partial charge is 0.242 e. The molecule has 2 aliphatic carbocycles. The second-order valence-corrected chi connectivity index (χ2v) is 8.74. The van der Waals surface area contributed by atoms with Crippen LogP contribution in [0, 0.1) is 12.8 Å². The zero-order chi connectivity index (χ0) is 20.9. The molecule has 0 spiro atoms. The summed E-state index contributed by atoms with van der Waals surface area (Å²) in [6.07, 6.45) is 7.03. The topological polar surface area (TPSA) is 53.8 Å². The van der Waals surface area contributed by atoms with Gasteiger partial charge in [0.2, 0.25) is 11.8 Å². The van der Waals surface area contributed by atoms with E-state index < -0.39 is 0 Å². The van der Waals surface area contributed by atoms with Crippen LogP contribution in [0.4, 0.5) is 0 Å². The van der Waals surface area contributed by atoms with Gasteiger partial charge in [0.15, 0.2) is 0 Å². The molecule has 4 rings (SSSR count). The van der Waals surface area contributed by atoms with Crippen molar-refractivity contribution in [1.82, 2.24) is 9.80 Å². The van der Waals surface area contributed by atoms with Crippen molar-refractivity contribution >= 4 is 11.8 Å². The van der Waals surface area contributed by atoms with Gasteiger partial charge in [0.1, 0.15) is 18.1 Å². The Bertz CT molecular complexity index is 850. The number of carbonyl (C=O) groups excluding carboxylic acids is 2. The summed E-state index contributed by atoms with van der Waals surface area (Å²) in [7, 11) is 0. The first-order valence-corrected chi connectivity index (χ1v) is 11.3. The maximum Gasteiger partial charge on any atom is 0.242 e. The third kappa shape index (κ3) is 5.32. The minimum Gasteiger partial charge on any atom is -0.464 e. The molecule has 5 heteroatoms. The van der Waals surface area contributed by atoms with Crippen molar-refractivity contribution in [2.24, 2.45) is 5.92 Å². The van der Waals surface area contributed by atoms with Crippen molar-refractivity contribution in [3.05, 3.63) is 59.5 Å². The predicted molar refractivity (Wildman–Crippen MR) is 116 cm³/mol. The van der Waals surface area contributed by atoms with Gasteiger partial charge in [0.25, 0.3) is 0 Å². The first-order chi connectivity index (χ1) is 14.6. The zero-order valence-electron chi connectivity index (χ0n) is 17.9. The van der Waals surface area contributed by atoms with Gasteiger partial charge >= 0.3 is 0 Å². The Morgan fingerprint density at radius 1 is 1.00 bits per heavy atom. The molecule has 0 aliphatic heterocycles. The molecule has 0 radical (unpaired) electrons. The van der Waals surface area contributed by atoms with Crippen LogP contribution in [-0.2, 0) is 22.6 Å². The molecule has 2 amide bonds. The first-order valence-electron chi connectivity index (χ1n) is 11.3. The lowest BCUT2D eigenvalue weighted by Crippen LogP contribution is -2.46. The first kappa shape index (κ1) is 20.7. The van der Waals surface area contributed by atoms with E-state index in [-0.39, 0.29) is 30.3 Å². The Morgan fingerprint density at radius 3 is 2.37 bits per heavy atom.